The molecule has 0 aromatic rings. The Bertz CT molecular complexity index is 179. The van der Waals surface area contributed by atoms with Crippen LogP contribution in [0.25, 0.3) is 0 Å². The van der Waals surface area contributed by atoms with Gasteiger partial charge in [0.15, 0.2) is 0 Å². The molecule has 0 amide bonds. The minimum Gasteiger partial charge on any atom is -0.402 e. The smallest absolute Gasteiger partial charge is 0.147 e. The van der Waals surface area contributed by atoms with Crippen LogP contribution in [-0.4, -0.2) is 18.2 Å². The van der Waals surface area contributed by atoms with Crippen LogP contribution in [0.5, 0.6) is 0 Å². The second-order valence-electron chi connectivity index (χ2n) is 1.76. The lowest BCUT2D eigenvalue weighted by molar-refractivity contribution is 0.557. The molecule has 0 aliphatic carbocycles. The Balaban J connectivity index is 2.78. The molecule has 0 bridgehead atoms. The van der Waals surface area contributed by atoms with E-state index in [9.17, 15) is 0 Å². The van der Waals surface area contributed by atoms with Gasteiger partial charge in [-0.2, -0.15) is 0 Å². The van der Waals surface area contributed by atoms with Gasteiger partial charge in [-0.3, -0.25) is 0 Å². The van der Waals surface area contributed by atoms with Gasteiger partial charge in [-0.25, -0.2) is 4.99 Å². The maximum absolute atomic E-state index is 5.24. The maximum atomic E-state index is 5.24. The van der Waals surface area contributed by atoms with Crippen LogP contribution in [0.4, 0.5) is 0 Å². The van der Waals surface area contributed by atoms with Crippen LogP contribution in [0.2, 0.25) is 0 Å². The fraction of sp³-hybridized carbons (Fsp3) is 0.167. The summed E-state index contributed by atoms with van der Waals surface area (Å²) in [6, 6.07) is 0. The molecule has 0 unspecified atom stereocenters. The van der Waals surface area contributed by atoms with Crippen LogP contribution in [0.3, 0.4) is 0 Å². The Morgan fingerprint density at radius 3 is 3.00 bits per heavy atom. The summed E-state index contributed by atoms with van der Waals surface area (Å²) in [5.41, 5.74) is 5.24. The van der Waals surface area contributed by atoms with Crippen molar-refractivity contribution in [1.82, 2.24) is 4.90 Å². The van der Waals surface area contributed by atoms with Crippen LogP contribution in [0.1, 0.15) is 0 Å². The number of nitrogens with two attached hydrogens (primary N) is 1. The predicted octanol–water partition coefficient (Wildman–Crippen LogP) is 0.274. The van der Waals surface area contributed by atoms with Crippen LogP contribution in [0, 0.1) is 0 Å². The van der Waals surface area contributed by atoms with Gasteiger partial charge in [0.2, 0.25) is 0 Å². The highest BCUT2D eigenvalue weighted by Gasteiger charge is 1.98. The average Bonchev–Trinajstić information content (AvgIpc) is 1.89. The van der Waals surface area contributed by atoms with Crippen molar-refractivity contribution in [1.29, 1.82) is 0 Å². The van der Waals surface area contributed by atoms with E-state index >= 15 is 0 Å². The highest BCUT2D eigenvalue weighted by molar-refractivity contribution is 5.73. The van der Waals surface area contributed by atoms with E-state index in [-0.39, 0.29) is 0 Å². The van der Waals surface area contributed by atoms with E-state index in [0.29, 0.717) is 0 Å². The number of aliphatic imine (C=N–C) groups is 1. The Kier molecular flexibility index (Phi) is 1.53. The summed E-state index contributed by atoms with van der Waals surface area (Å²) in [4.78, 5) is 5.83. The molecular formula is C6H9N3. The minimum atomic E-state index is 0.775. The fourth-order valence-corrected chi connectivity index (χ4v) is 0.615. The second kappa shape index (κ2) is 2.35. The van der Waals surface area contributed by atoms with Gasteiger partial charge in [0.1, 0.15) is 5.82 Å². The Morgan fingerprint density at radius 1 is 1.78 bits per heavy atom. The van der Waals surface area contributed by atoms with Gasteiger partial charge in [-0.05, 0) is 6.08 Å². The lowest BCUT2D eigenvalue weighted by Gasteiger charge is -2.15. The first kappa shape index (κ1) is 5.88. The molecule has 1 rings (SSSR count). The molecule has 0 atom stereocenters. The van der Waals surface area contributed by atoms with Crippen molar-refractivity contribution in [2.45, 2.75) is 0 Å². The van der Waals surface area contributed by atoms with Crippen molar-refractivity contribution < 1.29 is 0 Å². The summed E-state index contributed by atoms with van der Waals surface area (Å²) in [5, 5.41) is 0. The largest absolute Gasteiger partial charge is 0.402 e. The van der Waals surface area contributed by atoms with Gasteiger partial charge in [0.05, 0.1) is 0 Å². The van der Waals surface area contributed by atoms with Gasteiger partial charge in [0, 0.05) is 25.7 Å². The van der Waals surface area contributed by atoms with Crippen molar-refractivity contribution in [3.63, 3.8) is 0 Å². The molecule has 0 aromatic carbocycles. The molecule has 1 heterocycles. The van der Waals surface area contributed by atoms with Crippen LogP contribution in [0.15, 0.2) is 29.3 Å². The molecule has 0 aromatic heterocycles. The molecule has 9 heavy (non-hydrogen) atoms. The van der Waals surface area contributed by atoms with Crippen LogP contribution in [-0.2, 0) is 0 Å². The van der Waals surface area contributed by atoms with Crippen molar-refractivity contribution in [2.24, 2.45) is 10.7 Å². The molecule has 0 radical (unpaired) electrons. The quantitative estimate of drug-likeness (QED) is 0.502. The van der Waals surface area contributed by atoms with Crippen LogP contribution >= 0.6 is 0 Å². The van der Waals surface area contributed by atoms with Crippen molar-refractivity contribution in [3.8, 4) is 0 Å². The second-order valence-corrected chi connectivity index (χ2v) is 1.76. The van der Waals surface area contributed by atoms with Gasteiger partial charge in [-0.1, -0.05) is 0 Å². The summed E-state index contributed by atoms with van der Waals surface area (Å²) < 4.78 is 0. The van der Waals surface area contributed by atoms with Crippen molar-refractivity contribution in [3.05, 3.63) is 24.3 Å². The van der Waals surface area contributed by atoms with E-state index < -0.39 is 0 Å². The highest BCUT2D eigenvalue weighted by atomic mass is 15.2. The molecule has 48 valence electrons. The zero-order valence-corrected chi connectivity index (χ0v) is 5.28. The van der Waals surface area contributed by atoms with E-state index in [2.05, 4.69) is 4.99 Å². The monoisotopic (exact) mass is 123 g/mol. The predicted molar refractivity (Wildman–Crippen MR) is 37.7 cm³/mol. The third-order valence-electron chi connectivity index (χ3n) is 1.11. The zero-order valence-electron chi connectivity index (χ0n) is 5.28. The first-order valence-corrected chi connectivity index (χ1v) is 2.70. The topological polar surface area (TPSA) is 41.6 Å². The molecule has 3 nitrogen and oxygen atoms in total. The van der Waals surface area contributed by atoms with Gasteiger partial charge in [-0.15, -0.1) is 0 Å². The molecular weight excluding hydrogens is 114 g/mol. The molecule has 0 fully saturated rings. The normalized spacial score (nSPS) is 21.4. The van der Waals surface area contributed by atoms with Gasteiger partial charge >= 0.3 is 0 Å². The Hall–Kier alpha value is -1.25. The molecule has 0 saturated heterocycles. The van der Waals surface area contributed by atoms with Gasteiger partial charge in [0.25, 0.3) is 0 Å². The van der Waals surface area contributed by atoms with E-state index in [1.165, 1.54) is 6.20 Å². The lowest BCUT2D eigenvalue weighted by atomic mass is 10.5. The number of hydrogen-bond donors (Lipinski definition) is 1. The summed E-state index contributed by atoms with van der Waals surface area (Å²) in [6.45, 7) is 0. The highest BCUT2D eigenvalue weighted by Crippen LogP contribution is 2.04. The number of rotatable bonds is 0. The lowest BCUT2D eigenvalue weighted by Crippen LogP contribution is -2.12. The fourth-order valence-electron chi connectivity index (χ4n) is 0.615. The SMILES string of the molecule is CN1C=CC=N/C1=C/N. The van der Waals surface area contributed by atoms with E-state index in [1.54, 1.807) is 6.21 Å². The van der Waals surface area contributed by atoms with E-state index in [1.807, 2.05) is 24.2 Å². The van der Waals surface area contributed by atoms with Crippen molar-refractivity contribution in [2.75, 3.05) is 7.05 Å². The average molecular weight is 123 g/mol. The number of allylic oxidation sites excluding steroid dienone is 1. The standard InChI is InChI=1S/C6H9N3/c1-9-4-2-3-8-6(9)5-7/h2-5H,7H2,1H3/b6-5-. The first-order chi connectivity index (χ1) is 4.34. The molecule has 0 spiro atoms. The summed E-state index contributed by atoms with van der Waals surface area (Å²) in [6.07, 6.45) is 6.93. The Morgan fingerprint density at radius 2 is 2.56 bits per heavy atom. The maximum Gasteiger partial charge on any atom is 0.147 e. The van der Waals surface area contributed by atoms with Gasteiger partial charge < -0.3 is 10.6 Å². The molecule has 3 heteroatoms. The first-order valence-electron chi connectivity index (χ1n) is 2.70. The summed E-state index contributed by atoms with van der Waals surface area (Å²) in [7, 11) is 1.89. The zero-order chi connectivity index (χ0) is 6.69. The molecule has 1 aliphatic heterocycles. The van der Waals surface area contributed by atoms with Crippen LogP contribution < -0.4 is 5.73 Å². The van der Waals surface area contributed by atoms with Crippen molar-refractivity contribution >= 4 is 6.21 Å². The minimum absolute atomic E-state index is 0.775. The molecule has 2 N–H and O–H groups in total. The van der Waals surface area contributed by atoms with E-state index in [0.717, 1.165) is 5.82 Å². The third-order valence-corrected chi connectivity index (χ3v) is 1.11. The Labute approximate surface area is 54.2 Å². The number of nitrogens with zero attached hydrogens (tertiary/aromatic N) is 2. The molecule has 0 saturated carbocycles. The third kappa shape index (κ3) is 1.10. The summed E-state index contributed by atoms with van der Waals surface area (Å²) >= 11 is 0. The number of hydrogen-bond acceptors (Lipinski definition) is 3. The summed E-state index contributed by atoms with van der Waals surface area (Å²) in [5.74, 6) is 0.775. The van der Waals surface area contributed by atoms with E-state index in [4.69, 9.17) is 5.73 Å². The molecule has 1 aliphatic rings.